The van der Waals surface area contributed by atoms with Crippen molar-refractivity contribution >= 4 is 5.91 Å². The van der Waals surface area contributed by atoms with E-state index in [0.29, 0.717) is 0 Å². The van der Waals surface area contributed by atoms with Crippen LogP contribution in [-0.2, 0) is 4.79 Å². The summed E-state index contributed by atoms with van der Waals surface area (Å²) in [5, 5.41) is 11.4. The Bertz CT molecular complexity index is 142. The molecule has 0 fully saturated rings. The minimum atomic E-state index is -1.42. The molecule has 2 N–H and O–H groups in total. The Morgan fingerprint density at radius 2 is 2.18 bits per heavy atom. The summed E-state index contributed by atoms with van der Waals surface area (Å²) in [6, 6.07) is 0. The molecule has 0 spiro atoms. The van der Waals surface area contributed by atoms with Gasteiger partial charge in [0, 0.05) is 6.92 Å². The molecule has 11 heavy (non-hydrogen) atoms. The molecule has 1 unspecified atom stereocenters. The van der Waals surface area contributed by atoms with E-state index in [1.54, 1.807) is 0 Å². The van der Waals surface area contributed by atoms with Crippen LogP contribution >= 0.6 is 0 Å². The zero-order valence-electron chi connectivity index (χ0n) is 7.02. The number of rotatable bonds is 3. The van der Waals surface area contributed by atoms with Crippen LogP contribution in [0.5, 0.6) is 0 Å². The summed E-state index contributed by atoms with van der Waals surface area (Å²) in [6.07, 6.45) is -1.42. The fourth-order valence-corrected chi connectivity index (χ4v) is 0.483. The van der Waals surface area contributed by atoms with Gasteiger partial charge in [0.1, 0.15) is 6.17 Å². The third-order valence-electron chi connectivity index (χ3n) is 1.30. The molecule has 0 radical (unpaired) electrons. The van der Waals surface area contributed by atoms with E-state index in [0.717, 1.165) is 0 Å². The highest BCUT2D eigenvalue weighted by Gasteiger charge is 2.26. The van der Waals surface area contributed by atoms with E-state index in [2.05, 4.69) is 5.32 Å². The van der Waals surface area contributed by atoms with Gasteiger partial charge in [0.25, 0.3) is 0 Å². The maximum absolute atomic E-state index is 12.8. The largest absolute Gasteiger partial charge is 0.387 e. The maximum atomic E-state index is 12.8. The Kier molecular flexibility index (Phi) is 3.45. The van der Waals surface area contributed by atoms with Crippen molar-refractivity contribution in [3.63, 3.8) is 0 Å². The molecule has 0 bridgehead atoms. The first kappa shape index (κ1) is 10.4. The van der Waals surface area contributed by atoms with E-state index >= 15 is 0 Å². The van der Waals surface area contributed by atoms with Crippen molar-refractivity contribution in [2.24, 2.45) is 0 Å². The van der Waals surface area contributed by atoms with Gasteiger partial charge in [-0.2, -0.15) is 0 Å². The molecule has 0 aromatic rings. The lowest BCUT2D eigenvalue weighted by Crippen LogP contribution is -2.41. The predicted octanol–water partition coefficient (Wildman–Crippen LogP) is 0.232. The number of carbonyl (C=O) groups is 1. The molecule has 0 saturated heterocycles. The third kappa shape index (κ3) is 4.72. The van der Waals surface area contributed by atoms with Crippen molar-refractivity contribution < 1.29 is 14.3 Å². The highest BCUT2D eigenvalue weighted by Crippen LogP contribution is 2.10. The van der Waals surface area contributed by atoms with Crippen LogP contribution in [0.3, 0.4) is 0 Å². The SMILES string of the molecule is CC(=O)NCC(F)C(C)(C)O. The average molecular weight is 163 g/mol. The summed E-state index contributed by atoms with van der Waals surface area (Å²) in [5.41, 5.74) is -1.39. The van der Waals surface area contributed by atoms with Gasteiger partial charge in [-0.3, -0.25) is 4.79 Å². The second-order valence-corrected chi connectivity index (χ2v) is 3.06. The molecule has 0 rings (SSSR count). The zero-order chi connectivity index (χ0) is 9.07. The topological polar surface area (TPSA) is 49.3 Å². The van der Waals surface area contributed by atoms with Crippen molar-refractivity contribution in [1.82, 2.24) is 5.32 Å². The summed E-state index contributed by atoms with van der Waals surface area (Å²) in [6.45, 7) is 3.88. The highest BCUT2D eigenvalue weighted by molar-refractivity contribution is 5.72. The minimum absolute atomic E-state index is 0.140. The molecule has 0 aliphatic carbocycles. The zero-order valence-corrected chi connectivity index (χ0v) is 7.02. The maximum Gasteiger partial charge on any atom is 0.216 e. The van der Waals surface area contributed by atoms with Crippen molar-refractivity contribution in [1.29, 1.82) is 0 Å². The molecule has 0 heterocycles. The molecule has 0 aliphatic rings. The average Bonchev–Trinajstić information content (AvgIpc) is 1.80. The van der Waals surface area contributed by atoms with Gasteiger partial charge in [-0.1, -0.05) is 0 Å². The summed E-state index contributed by atoms with van der Waals surface area (Å²) < 4.78 is 12.8. The van der Waals surface area contributed by atoms with Gasteiger partial charge < -0.3 is 10.4 Å². The van der Waals surface area contributed by atoms with Gasteiger partial charge in [0.15, 0.2) is 0 Å². The third-order valence-corrected chi connectivity index (χ3v) is 1.30. The molecule has 66 valence electrons. The Balaban J connectivity index is 3.70. The quantitative estimate of drug-likeness (QED) is 0.625. The Morgan fingerprint density at radius 3 is 2.45 bits per heavy atom. The number of nitrogens with one attached hydrogen (secondary N) is 1. The van der Waals surface area contributed by atoms with Crippen LogP contribution in [0.1, 0.15) is 20.8 Å². The number of aliphatic hydroxyl groups is 1. The minimum Gasteiger partial charge on any atom is -0.387 e. The number of hydrogen-bond donors (Lipinski definition) is 2. The first-order valence-corrected chi connectivity index (χ1v) is 3.45. The number of amides is 1. The van der Waals surface area contributed by atoms with Crippen LogP contribution in [0.2, 0.25) is 0 Å². The molecule has 0 aliphatic heterocycles. The lowest BCUT2D eigenvalue weighted by Gasteiger charge is -2.21. The summed E-state index contributed by atoms with van der Waals surface area (Å²) in [5.74, 6) is -0.295. The Morgan fingerprint density at radius 1 is 1.73 bits per heavy atom. The van der Waals surface area contributed by atoms with Gasteiger partial charge in [0.05, 0.1) is 12.1 Å². The smallest absolute Gasteiger partial charge is 0.216 e. The van der Waals surface area contributed by atoms with Gasteiger partial charge in [-0.15, -0.1) is 0 Å². The van der Waals surface area contributed by atoms with Crippen LogP contribution in [0.15, 0.2) is 0 Å². The molecule has 1 atom stereocenters. The molecular weight excluding hydrogens is 149 g/mol. The standard InChI is InChI=1S/C7H14FNO2/c1-5(10)9-4-6(8)7(2,3)11/h6,11H,4H2,1-3H3,(H,9,10). The van der Waals surface area contributed by atoms with Gasteiger partial charge in [-0.05, 0) is 13.8 Å². The van der Waals surface area contributed by atoms with Gasteiger partial charge >= 0.3 is 0 Å². The molecule has 3 nitrogen and oxygen atoms in total. The molecule has 0 aromatic heterocycles. The lowest BCUT2D eigenvalue weighted by atomic mass is 10.0. The molecule has 4 heteroatoms. The molecular formula is C7H14FNO2. The van der Waals surface area contributed by atoms with E-state index < -0.39 is 11.8 Å². The van der Waals surface area contributed by atoms with Crippen LogP contribution < -0.4 is 5.32 Å². The molecule has 0 saturated carbocycles. The van der Waals surface area contributed by atoms with Crippen LogP contribution in [0.4, 0.5) is 4.39 Å². The number of halogens is 1. The van der Waals surface area contributed by atoms with Crippen LogP contribution in [0, 0.1) is 0 Å². The second kappa shape index (κ2) is 3.67. The predicted molar refractivity (Wildman–Crippen MR) is 39.9 cm³/mol. The summed E-state index contributed by atoms with van der Waals surface area (Å²) >= 11 is 0. The second-order valence-electron chi connectivity index (χ2n) is 3.06. The lowest BCUT2D eigenvalue weighted by molar-refractivity contribution is -0.119. The molecule has 0 aromatic carbocycles. The van der Waals surface area contributed by atoms with Crippen LogP contribution in [0.25, 0.3) is 0 Å². The van der Waals surface area contributed by atoms with E-state index in [4.69, 9.17) is 5.11 Å². The fourth-order valence-electron chi connectivity index (χ4n) is 0.483. The van der Waals surface area contributed by atoms with E-state index in [9.17, 15) is 9.18 Å². The van der Waals surface area contributed by atoms with Crippen molar-refractivity contribution in [2.45, 2.75) is 32.5 Å². The fraction of sp³-hybridized carbons (Fsp3) is 0.857. The number of carbonyl (C=O) groups excluding carboxylic acids is 1. The summed E-state index contributed by atoms with van der Waals surface area (Å²) in [4.78, 5) is 10.3. The van der Waals surface area contributed by atoms with Gasteiger partial charge in [0.2, 0.25) is 5.91 Å². The van der Waals surface area contributed by atoms with Crippen molar-refractivity contribution in [3.05, 3.63) is 0 Å². The first-order valence-electron chi connectivity index (χ1n) is 3.45. The van der Waals surface area contributed by atoms with E-state index in [-0.39, 0.29) is 12.5 Å². The van der Waals surface area contributed by atoms with E-state index in [1.807, 2.05) is 0 Å². The first-order chi connectivity index (χ1) is 4.84. The van der Waals surface area contributed by atoms with Gasteiger partial charge in [-0.25, -0.2) is 4.39 Å². The van der Waals surface area contributed by atoms with Crippen molar-refractivity contribution in [2.75, 3.05) is 6.54 Å². The number of hydrogen-bond acceptors (Lipinski definition) is 2. The summed E-state index contributed by atoms with van der Waals surface area (Å²) in [7, 11) is 0. The Hall–Kier alpha value is -0.640. The highest BCUT2D eigenvalue weighted by atomic mass is 19.1. The van der Waals surface area contributed by atoms with E-state index in [1.165, 1.54) is 20.8 Å². The van der Waals surface area contributed by atoms with Crippen molar-refractivity contribution in [3.8, 4) is 0 Å². The van der Waals surface area contributed by atoms with Crippen LogP contribution in [-0.4, -0.2) is 29.3 Å². The number of alkyl halides is 1. The molecule has 1 amide bonds. The normalized spacial score (nSPS) is 14.3. The Labute approximate surface area is 65.6 Å². The monoisotopic (exact) mass is 163 g/mol.